The summed E-state index contributed by atoms with van der Waals surface area (Å²) in [6.45, 7) is 8.97. The van der Waals surface area contributed by atoms with Crippen LogP contribution in [0.4, 0.5) is 0 Å². The van der Waals surface area contributed by atoms with Crippen molar-refractivity contribution in [2.45, 2.75) is 59.3 Å². The first kappa shape index (κ1) is 18.4. The Balaban J connectivity index is 0.000000388. The molecule has 0 aromatic carbocycles. The van der Waals surface area contributed by atoms with Crippen molar-refractivity contribution >= 4 is 11.9 Å². The molecule has 1 aliphatic rings. The van der Waals surface area contributed by atoms with Crippen LogP contribution in [-0.2, 0) is 14.3 Å². The summed E-state index contributed by atoms with van der Waals surface area (Å²) in [6, 6.07) is 0. The van der Waals surface area contributed by atoms with Crippen molar-refractivity contribution in [1.82, 2.24) is 0 Å². The minimum Gasteiger partial charge on any atom is -0.481 e. The Morgan fingerprint density at radius 1 is 1.50 bits per heavy atom. The lowest BCUT2D eigenvalue weighted by Gasteiger charge is -2.23. The molecule has 0 saturated heterocycles. The van der Waals surface area contributed by atoms with Crippen molar-refractivity contribution in [2.75, 3.05) is 0 Å². The van der Waals surface area contributed by atoms with E-state index in [1.54, 1.807) is 6.08 Å². The van der Waals surface area contributed by atoms with Gasteiger partial charge in [0, 0.05) is 13.3 Å². The Morgan fingerprint density at radius 3 is 2.30 bits per heavy atom. The van der Waals surface area contributed by atoms with Crippen LogP contribution in [0.25, 0.3) is 0 Å². The molecule has 0 radical (unpaired) electrons. The summed E-state index contributed by atoms with van der Waals surface area (Å²) in [5.74, 6) is -0.123. The second-order valence-corrected chi connectivity index (χ2v) is 4.93. The predicted octanol–water partition coefficient (Wildman–Crippen LogP) is 4.07. The predicted molar refractivity (Wildman–Crippen MR) is 79.2 cm³/mol. The van der Waals surface area contributed by atoms with Gasteiger partial charge in [0.05, 0.1) is 5.41 Å². The molecule has 0 spiro atoms. The van der Waals surface area contributed by atoms with E-state index in [4.69, 9.17) is 9.84 Å². The molecule has 1 rings (SSSR count). The third-order valence-electron chi connectivity index (χ3n) is 3.46. The van der Waals surface area contributed by atoms with Crippen molar-refractivity contribution < 1.29 is 19.4 Å². The molecule has 1 atom stereocenters. The van der Waals surface area contributed by atoms with E-state index < -0.39 is 11.4 Å². The first-order valence-electron chi connectivity index (χ1n) is 7.16. The molecule has 0 aromatic rings. The molecule has 1 unspecified atom stereocenters. The summed E-state index contributed by atoms with van der Waals surface area (Å²) in [4.78, 5) is 21.1. The van der Waals surface area contributed by atoms with Gasteiger partial charge in [0.1, 0.15) is 5.76 Å². The van der Waals surface area contributed by atoms with E-state index in [0.29, 0.717) is 12.8 Å². The van der Waals surface area contributed by atoms with E-state index in [2.05, 4.69) is 13.5 Å². The summed E-state index contributed by atoms with van der Waals surface area (Å²) in [5, 5.41) is 8.98. The number of carboxylic acid groups (broad SMARTS) is 1. The summed E-state index contributed by atoms with van der Waals surface area (Å²) in [6.07, 6.45) is 8.80. The Morgan fingerprint density at radius 2 is 2.10 bits per heavy atom. The minimum atomic E-state index is -0.742. The zero-order valence-electron chi connectivity index (χ0n) is 12.8. The van der Waals surface area contributed by atoms with Crippen LogP contribution in [-0.4, -0.2) is 17.0 Å². The van der Waals surface area contributed by atoms with Gasteiger partial charge in [0.25, 0.3) is 0 Å². The standard InChI is InChI=1S/C10H18O2.C6H8O2/c1-4-7-8-10(5-2,6-3)9(11)12;1-5(7)8-6-3-2-4-6/h5H,2,4,6-8H2,1,3H3,(H,11,12);3H,2,4H2,1H3. The Kier molecular flexibility index (Phi) is 8.61. The Bertz CT molecular complexity index is 371. The normalized spacial score (nSPS) is 15.7. The molecule has 1 aliphatic carbocycles. The lowest BCUT2D eigenvalue weighted by Crippen LogP contribution is -2.27. The van der Waals surface area contributed by atoms with Gasteiger partial charge in [-0.2, -0.15) is 0 Å². The Labute approximate surface area is 121 Å². The number of unbranched alkanes of at least 4 members (excludes halogenated alkanes) is 1. The van der Waals surface area contributed by atoms with Crippen LogP contribution in [0.3, 0.4) is 0 Å². The van der Waals surface area contributed by atoms with Crippen LogP contribution in [0.1, 0.15) is 59.3 Å². The number of carbonyl (C=O) groups excluding carboxylic acids is 1. The zero-order chi connectivity index (χ0) is 15.6. The second-order valence-electron chi connectivity index (χ2n) is 4.93. The fourth-order valence-electron chi connectivity index (χ4n) is 1.80. The second kappa shape index (κ2) is 9.34. The van der Waals surface area contributed by atoms with Crippen molar-refractivity contribution in [1.29, 1.82) is 0 Å². The molecule has 0 fully saturated rings. The monoisotopic (exact) mass is 282 g/mol. The number of carbonyl (C=O) groups is 2. The van der Waals surface area contributed by atoms with E-state index in [1.807, 2.05) is 13.0 Å². The van der Waals surface area contributed by atoms with Crippen molar-refractivity contribution in [3.8, 4) is 0 Å². The maximum absolute atomic E-state index is 10.9. The first-order valence-corrected chi connectivity index (χ1v) is 7.16. The first-order chi connectivity index (χ1) is 9.41. The largest absolute Gasteiger partial charge is 0.481 e. The van der Waals surface area contributed by atoms with Gasteiger partial charge in [-0.15, -0.1) is 6.58 Å². The maximum atomic E-state index is 10.9. The number of allylic oxidation sites excluding steroid dienone is 2. The molecule has 1 N–H and O–H groups in total. The summed E-state index contributed by atoms with van der Waals surface area (Å²) < 4.78 is 4.71. The zero-order valence-corrected chi connectivity index (χ0v) is 12.8. The van der Waals surface area contributed by atoms with E-state index in [1.165, 1.54) is 6.92 Å². The summed E-state index contributed by atoms with van der Waals surface area (Å²) in [5.41, 5.74) is -0.685. The highest BCUT2D eigenvalue weighted by Crippen LogP contribution is 2.30. The van der Waals surface area contributed by atoms with Crippen LogP contribution in [0, 0.1) is 5.41 Å². The van der Waals surface area contributed by atoms with Crippen LogP contribution >= 0.6 is 0 Å². The molecular formula is C16H26O4. The van der Waals surface area contributed by atoms with Gasteiger partial charge in [-0.3, -0.25) is 9.59 Å². The molecule has 114 valence electrons. The van der Waals surface area contributed by atoms with Crippen molar-refractivity contribution in [2.24, 2.45) is 5.41 Å². The third-order valence-corrected chi connectivity index (χ3v) is 3.46. The number of hydrogen-bond acceptors (Lipinski definition) is 3. The van der Waals surface area contributed by atoms with E-state index in [0.717, 1.165) is 31.4 Å². The van der Waals surface area contributed by atoms with Crippen molar-refractivity contribution in [3.05, 3.63) is 24.5 Å². The molecular weight excluding hydrogens is 256 g/mol. The topological polar surface area (TPSA) is 63.6 Å². The third kappa shape index (κ3) is 6.04. The van der Waals surface area contributed by atoms with Crippen molar-refractivity contribution in [3.63, 3.8) is 0 Å². The van der Waals surface area contributed by atoms with E-state index >= 15 is 0 Å². The molecule has 0 bridgehead atoms. The highest BCUT2D eigenvalue weighted by atomic mass is 16.5. The average Bonchev–Trinajstić information content (AvgIpc) is 2.36. The van der Waals surface area contributed by atoms with Gasteiger partial charge in [-0.25, -0.2) is 0 Å². The van der Waals surface area contributed by atoms with Gasteiger partial charge >= 0.3 is 11.9 Å². The van der Waals surface area contributed by atoms with Gasteiger partial charge in [0.15, 0.2) is 0 Å². The number of rotatable bonds is 7. The molecule has 0 heterocycles. The maximum Gasteiger partial charge on any atom is 0.313 e. The van der Waals surface area contributed by atoms with Crippen LogP contribution in [0.2, 0.25) is 0 Å². The minimum absolute atomic E-state index is 0.212. The van der Waals surface area contributed by atoms with Gasteiger partial charge in [-0.05, 0) is 25.3 Å². The highest BCUT2D eigenvalue weighted by molar-refractivity contribution is 5.76. The highest BCUT2D eigenvalue weighted by Gasteiger charge is 2.32. The van der Waals surface area contributed by atoms with Gasteiger partial charge < -0.3 is 9.84 Å². The Hall–Kier alpha value is -1.58. The molecule has 4 heteroatoms. The molecule has 0 amide bonds. The summed E-state index contributed by atoms with van der Waals surface area (Å²) >= 11 is 0. The van der Waals surface area contributed by atoms with E-state index in [9.17, 15) is 9.59 Å². The van der Waals surface area contributed by atoms with Gasteiger partial charge in [0.2, 0.25) is 0 Å². The SMILES string of the molecule is C=CC(CC)(CCCC)C(=O)O.CC(=O)OC1=CCC1. The molecule has 20 heavy (non-hydrogen) atoms. The number of hydrogen-bond donors (Lipinski definition) is 1. The van der Waals surface area contributed by atoms with Crippen LogP contribution in [0.15, 0.2) is 24.5 Å². The van der Waals surface area contributed by atoms with Crippen LogP contribution in [0.5, 0.6) is 0 Å². The lowest BCUT2D eigenvalue weighted by molar-refractivity contribution is -0.146. The number of esters is 1. The average molecular weight is 282 g/mol. The molecule has 0 saturated carbocycles. The quantitative estimate of drug-likeness (QED) is 0.564. The smallest absolute Gasteiger partial charge is 0.313 e. The molecule has 4 nitrogen and oxygen atoms in total. The number of ether oxygens (including phenoxy) is 1. The molecule has 0 aromatic heterocycles. The molecule has 0 aliphatic heterocycles. The van der Waals surface area contributed by atoms with E-state index in [-0.39, 0.29) is 5.97 Å². The van der Waals surface area contributed by atoms with Crippen LogP contribution < -0.4 is 0 Å². The number of carboxylic acids is 1. The number of aliphatic carboxylic acids is 1. The fraction of sp³-hybridized carbons (Fsp3) is 0.625. The summed E-state index contributed by atoms with van der Waals surface area (Å²) in [7, 11) is 0. The lowest BCUT2D eigenvalue weighted by atomic mass is 9.80. The fourth-order valence-corrected chi connectivity index (χ4v) is 1.80. The van der Waals surface area contributed by atoms with Gasteiger partial charge in [-0.1, -0.05) is 32.8 Å².